The maximum absolute atomic E-state index is 11.8. The molecule has 1 amide bonds. The highest BCUT2D eigenvalue weighted by molar-refractivity contribution is 6.18. The summed E-state index contributed by atoms with van der Waals surface area (Å²) in [7, 11) is 0. The highest BCUT2D eigenvalue weighted by Gasteiger charge is 2.25. The molecule has 0 saturated heterocycles. The van der Waals surface area contributed by atoms with Gasteiger partial charge in [0.05, 0.1) is 0 Å². The van der Waals surface area contributed by atoms with E-state index in [-0.39, 0.29) is 5.91 Å². The van der Waals surface area contributed by atoms with Crippen molar-refractivity contribution in [2.75, 3.05) is 12.4 Å². The summed E-state index contributed by atoms with van der Waals surface area (Å²) >= 11 is 5.52. The number of carbonyl (C=O) groups excluding carboxylic acids is 1. The third-order valence-electron chi connectivity index (χ3n) is 2.48. The first-order chi connectivity index (χ1) is 7.33. The van der Waals surface area contributed by atoms with Crippen LogP contribution >= 0.6 is 11.6 Å². The van der Waals surface area contributed by atoms with Crippen LogP contribution in [0.15, 0.2) is 36.4 Å². The van der Waals surface area contributed by atoms with Gasteiger partial charge in [0, 0.05) is 24.5 Å². The summed E-state index contributed by atoms with van der Waals surface area (Å²) in [5, 5.41) is 0. The second-order valence-corrected chi connectivity index (χ2v) is 3.78. The number of halogens is 1. The Kier molecular flexibility index (Phi) is 3.07. The quantitative estimate of drug-likeness (QED) is 0.567. The van der Waals surface area contributed by atoms with Crippen LogP contribution in [0.4, 0.5) is 0 Å². The van der Waals surface area contributed by atoms with Gasteiger partial charge in [-0.3, -0.25) is 4.79 Å². The molecule has 1 aromatic rings. The number of allylic oxidation sites excluding steroid dienone is 1. The molecule has 0 radical (unpaired) electrons. The molecular formula is C12H12ClNO. The largest absolute Gasteiger partial charge is 0.331 e. The molecule has 0 aromatic heterocycles. The molecular weight excluding hydrogens is 210 g/mol. The van der Waals surface area contributed by atoms with E-state index in [0.717, 1.165) is 11.1 Å². The summed E-state index contributed by atoms with van der Waals surface area (Å²) in [6.07, 6.45) is 3.79. The van der Waals surface area contributed by atoms with Gasteiger partial charge >= 0.3 is 0 Å². The number of amides is 1. The standard InChI is InChI=1S/C12H12ClNO/c13-7-3-4-8-14-9-10-5-1-2-6-11(10)12(14)15/h1-6H,7-9H2. The van der Waals surface area contributed by atoms with Crippen molar-refractivity contribution in [3.63, 3.8) is 0 Å². The maximum Gasteiger partial charge on any atom is 0.254 e. The monoisotopic (exact) mass is 221 g/mol. The molecule has 15 heavy (non-hydrogen) atoms. The number of rotatable bonds is 3. The lowest BCUT2D eigenvalue weighted by molar-refractivity contribution is 0.0796. The minimum absolute atomic E-state index is 0.116. The lowest BCUT2D eigenvalue weighted by Gasteiger charge is -2.11. The number of alkyl halides is 1. The van der Waals surface area contributed by atoms with Crippen molar-refractivity contribution in [2.45, 2.75) is 6.54 Å². The number of hydrogen-bond donors (Lipinski definition) is 0. The number of nitrogens with zero attached hydrogens (tertiary/aromatic N) is 1. The summed E-state index contributed by atoms with van der Waals surface area (Å²) in [6.45, 7) is 1.35. The smallest absolute Gasteiger partial charge is 0.254 e. The van der Waals surface area contributed by atoms with Gasteiger partial charge in [0.2, 0.25) is 0 Å². The first-order valence-electron chi connectivity index (χ1n) is 4.91. The Hall–Kier alpha value is -1.28. The van der Waals surface area contributed by atoms with Gasteiger partial charge in [0.25, 0.3) is 5.91 Å². The molecule has 2 nitrogen and oxygen atoms in total. The molecule has 0 saturated carbocycles. The fraction of sp³-hybridized carbons (Fsp3) is 0.250. The highest BCUT2D eigenvalue weighted by atomic mass is 35.5. The average Bonchev–Trinajstić information content (AvgIpc) is 2.57. The van der Waals surface area contributed by atoms with E-state index >= 15 is 0 Å². The van der Waals surface area contributed by atoms with E-state index in [0.29, 0.717) is 19.0 Å². The Morgan fingerprint density at radius 3 is 2.87 bits per heavy atom. The fourth-order valence-corrected chi connectivity index (χ4v) is 1.85. The van der Waals surface area contributed by atoms with Gasteiger partial charge in [-0.05, 0) is 11.6 Å². The molecule has 3 heteroatoms. The zero-order chi connectivity index (χ0) is 10.7. The average molecular weight is 222 g/mol. The van der Waals surface area contributed by atoms with E-state index in [4.69, 9.17) is 11.6 Å². The first-order valence-corrected chi connectivity index (χ1v) is 5.44. The van der Waals surface area contributed by atoms with Gasteiger partial charge in [-0.15, -0.1) is 11.6 Å². The van der Waals surface area contributed by atoms with Crippen LogP contribution in [0.2, 0.25) is 0 Å². The van der Waals surface area contributed by atoms with E-state index in [1.165, 1.54) is 0 Å². The Bertz CT molecular complexity index is 400. The van der Waals surface area contributed by atoms with Crippen molar-refractivity contribution in [3.05, 3.63) is 47.5 Å². The topological polar surface area (TPSA) is 20.3 Å². The van der Waals surface area contributed by atoms with Crippen LogP contribution in [-0.4, -0.2) is 23.2 Å². The molecule has 0 fully saturated rings. The van der Waals surface area contributed by atoms with Crippen molar-refractivity contribution in [1.82, 2.24) is 4.90 Å². The molecule has 0 aliphatic carbocycles. The van der Waals surface area contributed by atoms with Crippen LogP contribution in [0, 0.1) is 0 Å². The van der Waals surface area contributed by atoms with E-state index in [1.807, 2.05) is 41.3 Å². The van der Waals surface area contributed by atoms with Gasteiger partial charge in [-0.2, -0.15) is 0 Å². The summed E-state index contributed by atoms with van der Waals surface area (Å²) in [5.74, 6) is 0.611. The summed E-state index contributed by atoms with van der Waals surface area (Å²) in [6, 6.07) is 7.74. The second kappa shape index (κ2) is 4.49. The van der Waals surface area contributed by atoms with E-state index in [9.17, 15) is 4.79 Å². The molecule has 1 aromatic carbocycles. The minimum atomic E-state index is 0.116. The molecule has 0 bridgehead atoms. The van der Waals surface area contributed by atoms with Gasteiger partial charge < -0.3 is 4.90 Å². The van der Waals surface area contributed by atoms with Crippen LogP contribution < -0.4 is 0 Å². The molecule has 1 aliphatic heterocycles. The van der Waals surface area contributed by atoms with Gasteiger partial charge in [0.1, 0.15) is 0 Å². The summed E-state index contributed by atoms with van der Waals surface area (Å²) in [5.41, 5.74) is 1.94. The number of fused-ring (bicyclic) bond motifs is 1. The molecule has 1 heterocycles. The minimum Gasteiger partial charge on any atom is -0.331 e. The predicted molar refractivity (Wildman–Crippen MR) is 61.0 cm³/mol. The van der Waals surface area contributed by atoms with Crippen LogP contribution in [0.1, 0.15) is 15.9 Å². The highest BCUT2D eigenvalue weighted by Crippen LogP contribution is 2.21. The molecule has 0 atom stereocenters. The van der Waals surface area contributed by atoms with Crippen LogP contribution in [0.25, 0.3) is 0 Å². The third-order valence-corrected chi connectivity index (χ3v) is 2.66. The zero-order valence-corrected chi connectivity index (χ0v) is 9.07. The zero-order valence-electron chi connectivity index (χ0n) is 8.32. The van der Waals surface area contributed by atoms with Crippen LogP contribution in [-0.2, 0) is 6.54 Å². The summed E-state index contributed by atoms with van der Waals surface area (Å²) in [4.78, 5) is 13.7. The molecule has 0 N–H and O–H groups in total. The van der Waals surface area contributed by atoms with Crippen molar-refractivity contribution in [3.8, 4) is 0 Å². The van der Waals surface area contributed by atoms with E-state index in [1.54, 1.807) is 0 Å². The lowest BCUT2D eigenvalue weighted by atomic mass is 10.1. The van der Waals surface area contributed by atoms with Crippen molar-refractivity contribution in [2.24, 2.45) is 0 Å². The van der Waals surface area contributed by atoms with Crippen molar-refractivity contribution in [1.29, 1.82) is 0 Å². The van der Waals surface area contributed by atoms with Crippen LogP contribution in [0.3, 0.4) is 0 Å². The Morgan fingerprint density at radius 2 is 2.13 bits per heavy atom. The second-order valence-electron chi connectivity index (χ2n) is 3.47. The van der Waals surface area contributed by atoms with Gasteiger partial charge in [0.15, 0.2) is 0 Å². The van der Waals surface area contributed by atoms with Crippen LogP contribution in [0.5, 0.6) is 0 Å². The van der Waals surface area contributed by atoms with E-state index < -0.39 is 0 Å². The number of benzene rings is 1. The first kappa shape index (κ1) is 10.2. The predicted octanol–water partition coefficient (Wildman–Crippen LogP) is 2.44. The maximum atomic E-state index is 11.8. The molecule has 1 aliphatic rings. The molecule has 78 valence electrons. The Balaban J connectivity index is 2.10. The Labute approximate surface area is 94.2 Å². The molecule has 2 rings (SSSR count). The normalized spacial score (nSPS) is 15.0. The lowest BCUT2D eigenvalue weighted by Crippen LogP contribution is -2.23. The van der Waals surface area contributed by atoms with Crippen molar-refractivity contribution >= 4 is 17.5 Å². The fourth-order valence-electron chi connectivity index (χ4n) is 1.73. The summed E-state index contributed by atoms with van der Waals surface area (Å²) < 4.78 is 0. The van der Waals surface area contributed by atoms with Crippen molar-refractivity contribution < 1.29 is 4.79 Å². The SMILES string of the molecule is O=C1c2ccccc2CN1CC=CCCl. The van der Waals surface area contributed by atoms with E-state index in [2.05, 4.69) is 0 Å². The van der Waals surface area contributed by atoms with Gasteiger partial charge in [-0.25, -0.2) is 0 Å². The molecule has 0 unspecified atom stereocenters. The third kappa shape index (κ3) is 2.05. The number of hydrogen-bond acceptors (Lipinski definition) is 1. The molecule has 0 spiro atoms. The van der Waals surface area contributed by atoms with Gasteiger partial charge in [-0.1, -0.05) is 30.4 Å². The number of carbonyl (C=O) groups is 1. The Morgan fingerprint density at radius 1 is 1.33 bits per heavy atom.